The van der Waals surface area contributed by atoms with Gasteiger partial charge >= 0.3 is 6.18 Å². The third-order valence-electron chi connectivity index (χ3n) is 1.91. The normalized spacial score (nSPS) is 11.3. The summed E-state index contributed by atoms with van der Waals surface area (Å²) in [7, 11) is 1.51. The van der Waals surface area contributed by atoms with Crippen LogP contribution in [0.1, 0.15) is 5.56 Å². The summed E-state index contributed by atoms with van der Waals surface area (Å²) in [5.74, 6) is 0.630. The average molecular weight is 219 g/mol. The fraction of sp³-hybridized carbons (Fsp3) is 0.400. The number of alkyl halides is 3. The molecule has 1 rings (SSSR count). The number of ether oxygens (including phenoxy) is 1. The topological polar surface area (TPSA) is 21.3 Å². The predicted octanol–water partition coefficient (Wildman–Crippen LogP) is 2.98. The first kappa shape index (κ1) is 11.7. The lowest BCUT2D eigenvalue weighted by Crippen LogP contribution is -2.21. The fourth-order valence-corrected chi connectivity index (χ4v) is 1.16. The van der Waals surface area contributed by atoms with Crippen molar-refractivity contribution in [3.63, 3.8) is 0 Å². The Morgan fingerprint density at radius 3 is 2.47 bits per heavy atom. The maximum absolute atomic E-state index is 11.9. The largest absolute Gasteiger partial charge is 0.497 e. The first-order valence-electron chi connectivity index (χ1n) is 4.37. The van der Waals surface area contributed by atoms with E-state index in [0.717, 1.165) is 5.56 Å². The van der Waals surface area contributed by atoms with Crippen molar-refractivity contribution in [2.75, 3.05) is 19.0 Å². The van der Waals surface area contributed by atoms with Gasteiger partial charge in [0.1, 0.15) is 12.3 Å². The molecule has 0 aromatic heterocycles. The smallest absolute Gasteiger partial charge is 0.405 e. The first-order chi connectivity index (χ1) is 6.92. The standard InChI is InChI=1S/C10H12F3NO/c1-7-5-8(15-2)3-4-9(7)14-6-10(11,12)13/h3-5,14H,6H2,1-2H3. The molecule has 0 saturated carbocycles. The Balaban J connectivity index is 2.70. The molecule has 0 spiro atoms. The van der Waals surface area contributed by atoms with Crippen LogP contribution >= 0.6 is 0 Å². The molecule has 0 aliphatic carbocycles. The molecule has 0 amide bonds. The van der Waals surface area contributed by atoms with Crippen LogP contribution in [0.15, 0.2) is 18.2 Å². The second-order valence-electron chi connectivity index (χ2n) is 3.15. The van der Waals surface area contributed by atoms with Gasteiger partial charge in [-0.2, -0.15) is 13.2 Å². The van der Waals surface area contributed by atoms with Crippen molar-refractivity contribution in [3.8, 4) is 5.75 Å². The van der Waals surface area contributed by atoms with E-state index >= 15 is 0 Å². The lowest BCUT2D eigenvalue weighted by Gasteiger charge is -2.12. The first-order valence-corrected chi connectivity index (χ1v) is 4.37. The van der Waals surface area contributed by atoms with Gasteiger partial charge in [-0.1, -0.05) is 0 Å². The van der Waals surface area contributed by atoms with Crippen LogP contribution in [0, 0.1) is 6.92 Å². The zero-order valence-electron chi connectivity index (χ0n) is 8.48. The Labute approximate surface area is 86.1 Å². The van der Waals surface area contributed by atoms with E-state index in [-0.39, 0.29) is 0 Å². The van der Waals surface area contributed by atoms with Gasteiger partial charge in [0, 0.05) is 5.69 Å². The maximum Gasteiger partial charge on any atom is 0.405 e. The fourth-order valence-electron chi connectivity index (χ4n) is 1.16. The number of benzene rings is 1. The average Bonchev–Trinajstić information content (AvgIpc) is 2.14. The minimum absolute atomic E-state index is 0.466. The van der Waals surface area contributed by atoms with Crippen LogP contribution in [0.4, 0.5) is 18.9 Å². The van der Waals surface area contributed by atoms with Crippen molar-refractivity contribution in [2.45, 2.75) is 13.1 Å². The van der Waals surface area contributed by atoms with Gasteiger partial charge < -0.3 is 10.1 Å². The highest BCUT2D eigenvalue weighted by Crippen LogP contribution is 2.23. The van der Waals surface area contributed by atoms with E-state index in [2.05, 4.69) is 5.32 Å². The summed E-state index contributed by atoms with van der Waals surface area (Å²) in [6.45, 7) is 0.696. The molecule has 0 aliphatic rings. The molecule has 1 aromatic rings. The van der Waals surface area contributed by atoms with E-state index in [4.69, 9.17) is 4.74 Å². The molecule has 0 heterocycles. The van der Waals surface area contributed by atoms with Crippen LogP contribution in [0.25, 0.3) is 0 Å². The van der Waals surface area contributed by atoms with Crippen molar-refractivity contribution in [3.05, 3.63) is 23.8 Å². The summed E-state index contributed by atoms with van der Waals surface area (Å²) in [5, 5.41) is 2.32. The van der Waals surface area contributed by atoms with E-state index < -0.39 is 12.7 Å². The number of hydrogen-bond donors (Lipinski definition) is 1. The quantitative estimate of drug-likeness (QED) is 0.843. The van der Waals surface area contributed by atoms with Crippen LogP contribution in [0.2, 0.25) is 0 Å². The second kappa shape index (κ2) is 4.42. The summed E-state index contributed by atoms with van der Waals surface area (Å²) in [5.41, 5.74) is 1.19. The lowest BCUT2D eigenvalue weighted by molar-refractivity contribution is -0.115. The molecule has 84 valence electrons. The minimum Gasteiger partial charge on any atom is -0.497 e. The molecule has 0 saturated heterocycles. The number of methoxy groups -OCH3 is 1. The van der Waals surface area contributed by atoms with E-state index in [9.17, 15) is 13.2 Å². The molecular weight excluding hydrogens is 207 g/mol. The molecule has 5 heteroatoms. The Morgan fingerprint density at radius 1 is 1.33 bits per heavy atom. The highest BCUT2D eigenvalue weighted by Gasteiger charge is 2.26. The van der Waals surface area contributed by atoms with Gasteiger partial charge in [-0.15, -0.1) is 0 Å². The van der Waals surface area contributed by atoms with Gasteiger partial charge in [0.2, 0.25) is 0 Å². The third kappa shape index (κ3) is 3.69. The van der Waals surface area contributed by atoms with Crippen molar-refractivity contribution >= 4 is 5.69 Å². The summed E-state index contributed by atoms with van der Waals surface area (Å²) >= 11 is 0. The van der Waals surface area contributed by atoms with Gasteiger partial charge in [0.15, 0.2) is 0 Å². The van der Waals surface area contributed by atoms with E-state index in [1.54, 1.807) is 25.1 Å². The van der Waals surface area contributed by atoms with Crippen molar-refractivity contribution < 1.29 is 17.9 Å². The lowest BCUT2D eigenvalue weighted by atomic mass is 10.2. The molecule has 0 atom stereocenters. The monoisotopic (exact) mass is 219 g/mol. The molecule has 1 aromatic carbocycles. The Hall–Kier alpha value is -1.39. The molecule has 0 aliphatic heterocycles. The summed E-state index contributed by atoms with van der Waals surface area (Å²) in [6, 6.07) is 4.87. The molecule has 0 fully saturated rings. The van der Waals surface area contributed by atoms with Gasteiger partial charge in [-0.3, -0.25) is 0 Å². The highest BCUT2D eigenvalue weighted by molar-refractivity contribution is 5.53. The Kier molecular flexibility index (Phi) is 3.44. The second-order valence-corrected chi connectivity index (χ2v) is 3.15. The summed E-state index contributed by atoms with van der Waals surface area (Å²) in [6.07, 6.45) is -4.20. The van der Waals surface area contributed by atoms with Gasteiger partial charge in [-0.25, -0.2) is 0 Å². The van der Waals surface area contributed by atoms with Crippen LogP contribution in [-0.4, -0.2) is 19.8 Å². The third-order valence-corrected chi connectivity index (χ3v) is 1.91. The molecule has 15 heavy (non-hydrogen) atoms. The molecular formula is C10H12F3NO. The number of anilines is 1. The van der Waals surface area contributed by atoms with Crippen LogP contribution < -0.4 is 10.1 Å². The number of aryl methyl sites for hydroxylation is 1. The van der Waals surface area contributed by atoms with Crippen molar-refractivity contribution in [1.82, 2.24) is 0 Å². The molecule has 0 bridgehead atoms. The molecule has 2 nitrogen and oxygen atoms in total. The number of nitrogens with one attached hydrogen (secondary N) is 1. The zero-order chi connectivity index (χ0) is 11.5. The summed E-state index contributed by atoms with van der Waals surface area (Å²) in [4.78, 5) is 0. The Morgan fingerprint density at radius 2 is 2.00 bits per heavy atom. The van der Waals surface area contributed by atoms with Crippen LogP contribution in [0.3, 0.4) is 0 Å². The molecule has 1 N–H and O–H groups in total. The number of halogens is 3. The van der Waals surface area contributed by atoms with E-state index in [0.29, 0.717) is 11.4 Å². The van der Waals surface area contributed by atoms with Crippen molar-refractivity contribution in [1.29, 1.82) is 0 Å². The van der Waals surface area contributed by atoms with Crippen molar-refractivity contribution in [2.24, 2.45) is 0 Å². The molecule has 0 radical (unpaired) electrons. The van der Waals surface area contributed by atoms with Gasteiger partial charge in [0.25, 0.3) is 0 Å². The van der Waals surface area contributed by atoms with Crippen LogP contribution in [0.5, 0.6) is 5.75 Å². The highest BCUT2D eigenvalue weighted by atomic mass is 19.4. The van der Waals surface area contributed by atoms with Crippen LogP contribution in [-0.2, 0) is 0 Å². The summed E-state index contributed by atoms with van der Waals surface area (Å²) < 4.78 is 40.7. The Bertz CT molecular complexity index is 336. The van der Waals surface area contributed by atoms with Gasteiger partial charge in [-0.05, 0) is 30.7 Å². The SMILES string of the molecule is COc1ccc(NCC(F)(F)F)c(C)c1. The predicted molar refractivity (Wildman–Crippen MR) is 52.3 cm³/mol. The maximum atomic E-state index is 11.9. The van der Waals surface area contributed by atoms with E-state index in [1.165, 1.54) is 7.11 Å². The zero-order valence-corrected chi connectivity index (χ0v) is 8.48. The van der Waals surface area contributed by atoms with E-state index in [1.807, 2.05) is 0 Å². The minimum atomic E-state index is -4.20. The number of hydrogen-bond acceptors (Lipinski definition) is 2. The number of rotatable bonds is 3. The van der Waals surface area contributed by atoms with Gasteiger partial charge in [0.05, 0.1) is 7.11 Å². The molecule has 0 unspecified atom stereocenters.